The number of benzene rings is 1. The standard InChI is InChI=1S/C16H22N4.ClH/c17-12-16-4-1-2-10-19(16)13-14-5-7-15(8-6-14)20-11-3-9-18-20;/h3,5-9,11,16H,1-2,4,10,12-13,17H2;1H. The van der Waals surface area contributed by atoms with E-state index in [1.165, 1.54) is 31.4 Å². The molecule has 4 nitrogen and oxygen atoms in total. The van der Waals surface area contributed by atoms with Crippen LogP contribution in [0.3, 0.4) is 0 Å². The first kappa shape index (κ1) is 16.0. The Morgan fingerprint density at radius 1 is 1.19 bits per heavy atom. The molecule has 1 aromatic heterocycles. The summed E-state index contributed by atoms with van der Waals surface area (Å²) in [4.78, 5) is 2.52. The topological polar surface area (TPSA) is 47.1 Å². The van der Waals surface area contributed by atoms with E-state index in [1.54, 1.807) is 6.20 Å². The number of nitrogens with zero attached hydrogens (tertiary/aromatic N) is 3. The van der Waals surface area contributed by atoms with Crippen molar-refractivity contribution in [3.8, 4) is 5.69 Å². The van der Waals surface area contributed by atoms with Gasteiger partial charge < -0.3 is 5.73 Å². The van der Waals surface area contributed by atoms with Crippen LogP contribution in [0.1, 0.15) is 24.8 Å². The van der Waals surface area contributed by atoms with Crippen molar-refractivity contribution in [3.05, 3.63) is 48.3 Å². The fraction of sp³-hybridized carbons (Fsp3) is 0.438. The molecule has 1 fully saturated rings. The average Bonchev–Trinajstić information content (AvgIpc) is 3.03. The lowest BCUT2D eigenvalue weighted by molar-refractivity contribution is 0.145. The van der Waals surface area contributed by atoms with E-state index in [4.69, 9.17) is 5.73 Å². The van der Waals surface area contributed by atoms with Gasteiger partial charge in [0.15, 0.2) is 0 Å². The van der Waals surface area contributed by atoms with Gasteiger partial charge in [-0.25, -0.2) is 4.68 Å². The fourth-order valence-electron chi connectivity index (χ4n) is 2.95. The summed E-state index contributed by atoms with van der Waals surface area (Å²) in [6.07, 6.45) is 7.61. The molecule has 0 spiro atoms. The van der Waals surface area contributed by atoms with Crippen LogP contribution < -0.4 is 5.73 Å². The van der Waals surface area contributed by atoms with Gasteiger partial charge in [-0.3, -0.25) is 4.90 Å². The van der Waals surface area contributed by atoms with Gasteiger partial charge in [-0.15, -0.1) is 12.4 Å². The second-order valence-corrected chi connectivity index (χ2v) is 5.47. The summed E-state index contributed by atoms with van der Waals surface area (Å²) in [5, 5.41) is 4.25. The number of hydrogen-bond acceptors (Lipinski definition) is 3. The molecule has 1 saturated heterocycles. The van der Waals surface area contributed by atoms with Gasteiger partial charge in [0.1, 0.15) is 0 Å². The zero-order valence-corrected chi connectivity index (χ0v) is 13.0. The number of piperidine rings is 1. The highest BCUT2D eigenvalue weighted by molar-refractivity contribution is 5.85. The van der Waals surface area contributed by atoms with Crippen LogP contribution in [0.25, 0.3) is 5.69 Å². The third-order valence-electron chi connectivity index (χ3n) is 4.11. The first-order valence-corrected chi connectivity index (χ1v) is 7.40. The summed E-state index contributed by atoms with van der Waals surface area (Å²) in [7, 11) is 0. The predicted molar refractivity (Wildman–Crippen MR) is 87.9 cm³/mol. The fourth-order valence-corrected chi connectivity index (χ4v) is 2.95. The molecule has 1 aromatic carbocycles. The lowest BCUT2D eigenvalue weighted by Crippen LogP contribution is -2.43. The Morgan fingerprint density at radius 2 is 2.00 bits per heavy atom. The Kier molecular flexibility index (Phi) is 5.79. The number of nitrogens with two attached hydrogens (primary N) is 1. The van der Waals surface area contributed by atoms with E-state index in [0.717, 1.165) is 18.8 Å². The highest BCUT2D eigenvalue weighted by Crippen LogP contribution is 2.19. The van der Waals surface area contributed by atoms with E-state index >= 15 is 0 Å². The Balaban J connectivity index is 0.00000161. The molecule has 1 aliphatic rings. The van der Waals surface area contributed by atoms with Gasteiger partial charge in [0.2, 0.25) is 0 Å². The van der Waals surface area contributed by atoms with E-state index in [1.807, 2.05) is 16.9 Å². The van der Waals surface area contributed by atoms with Gasteiger partial charge in [-0.05, 0) is 43.1 Å². The van der Waals surface area contributed by atoms with Gasteiger partial charge >= 0.3 is 0 Å². The van der Waals surface area contributed by atoms with Crippen LogP contribution in [0.2, 0.25) is 0 Å². The van der Waals surface area contributed by atoms with E-state index in [-0.39, 0.29) is 12.4 Å². The van der Waals surface area contributed by atoms with E-state index in [9.17, 15) is 0 Å². The van der Waals surface area contributed by atoms with Gasteiger partial charge in [0, 0.05) is 31.5 Å². The van der Waals surface area contributed by atoms with Crippen LogP contribution >= 0.6 is 12.4 Å². The molecule has 21 heavy (non-hydrogen) atoms. The molecule has 0 aliphatic carbocycles. The minimum absolute atomic E-state index is 0. The second-order valence-electron chi connectivity index (χ2n) is 5.47. The molecule has 114 valence electrons. The van der Waals surface area contributed by atoms with Crippen LogP contribution in [0.5, 0.6) is 0 Å². The Morgan fingerprint density at radius 3 is 2.67 bits per heavy atom. The van der Waals surface area contributed by atoms with Gasteiger partial charge in [-0.2, -0.15) is 5.10 Å². The zero-order valence-electron chi connectivity index (χ0n) is 12.2. The second kappa shape index (κ2) is 7.59. The van der Waals surface area contributed by atoms with Crippen molar-refractivity contribution in [2.45, 2.75) is 31.8 Å². The number of halogens is 1. The third-order valence-corrected chi connectivity index (χ3v) is 4.11. The molecule has 0 bridgehead atoms. The predicted octanol–water partition coefficient (Wildman–Crippen LogP) is 2.61. The highest BCUT2D eigenvalue weighted by atomic mass is 35.5. The molecule has 1 aliphatic heterocycles. The van der Waals surface area contributed by atoms with Gasteiger partial charge in [0.25, 0.3) is 0 Å². The van der Waals surface area contributed by atoms with Crippen molar-refractivity contribution in [2.75, 3.05) is 13.1 Å². The number of aromatic nitrogens is 2. The van der Waals surface area contributed by atoms with Crippen molar-refractivity contribution in [3.63, 3.8) is 0 Å². The molecule has 1 atom stereocenters. The quantitative estimate of drug-likeness (QED) is 0.944. The number of rotatable bonds is 4. The maximum Gasteiger partial charge on any atom is 0.0645 e. The molecule has 2 heterocycles. The van der Waals surface area contributed by atoms with Crippen LogP contribution in [-0.4, -0.2) is 33.8 Å². The molecule has 0 saturated carbocycles. The monoisotopic (exact) mass is 306 g/mol. The van der Waals surface area contributed by atoms with Crippen molar-refractivity contribution >= 4 is 12.4 Å². The van der Waals surface area contributed by atoms with Crippen molar-refractivity contribution in [1.29, 1.82) is 0 Å². The summed E-state index contributed by atoms with van der Waals surface area (Å²) >= 11 is 0. The molecular formula is C16H23ClN4. The zero-order chi connectivity index (χ0) is 13.8. The Bertz CT molecular complexity index is 524. The minimum Gasteiger partial charge on any atom is -0.329 e. The summed E-state index contributed by atoms with van der Waals surface area (Å²) in [5.41, 5.74) is 8.34. The lowest BCUT2D eigenvalue weighted by Gasteiger charge is -2.35. The van der Waals surface area contributed by atoms with E-state index in [0.29, 0.717) is 6.04 Å². The molecular weight excluding hydrogens is 284 g/mol. The first-order chi connectivity index (χ1) is 9.86. The molecule has 2 N–H and O–H groups in total. The highest BCUT2D eigenvalue weighted by Gasteiger charge is 2.20. The number of likely N-dealkylation sites (tertiary alicyclic amines) is 1. The first-order valence-electron chi connectivity index (χ1n) is 7.40. The molecule has 1 unspecified atom stereocenters. The molecule has 3 rings (SSSR count). The molecule has 5 heteroatoms. The Labute approximate surface area is 132 Å². The van der Waals surface area contributed by atoms with Gasteiger partial charge in [0.05, 0.1) is 5.69 Å². The maximum absolute atomic E-state index is 5.88. The largest absolute Gasteiger partial charge is 0.329 e. The summed E-state index contributed by atoms with van der Waals surface area (Å²) < 4.78 is 1.88. The van der Waals surface area contributed by atoms with E-state index < -0.39 is 0 Å². The van der Waals surface area contributed by atoms with Crippen LogP contribution in [0, 0.1) is 0 Å². The van der Waals surface area contributed by atoms with Crippen LogP contribution in [0.4, 0.5) is 0 Å². The Hall–Kier alpha value is -1.36. The molecule has 0 amide bonds. The van der Waals surface area contributed by atoms with Crippen LogP contribution in [-0.2, 0) is 6.54 Å². The minimum atomic E-state index is 0. The normalized spacial score (nSPS) is 19.2. The summed E-state index contributed by atoms with van der Waals surface area (Å²) in [5.74, 6) is 0. The number of hydrogen-bond donors (Lipinski definition) is 1. The summed E-state index contributed by atoms with van der Waals surface area (Å²) in [6, 6.07) is 11.1. The average molecular weight is 307 g/mol. The van der Waals surface area contributed by atoms with Gasteiger partial charge in [-0.1, -0.05) is 18.6 Å². The molecule has 2 aromatic rings. The lowest BCUT2D eigenvalue weighted by atomic mass is 10.0. The molecule has 0 radical (unpaired) electrons. The summed E-state index contributed by atoms with van der Waals surface area (Å²) in [6.45, 7) is 2.94. The SMILES string of the molecule is Cl.NCC1CCCCN1Cc1ccc(-n2cccn2)cc1. The van der Waals surface area contributed by atoms with E-state index in [2.05, 4.69) is 34.3 Å². The third kappa shape index (κ3) is 3.84. The van der Waals surface area contributed by atoms with Crippen LogP contribution in [0.15, 0.2) is 42.7 Å². The van der Waals surface area contributed by atoms with Crippen molar-refractivity contribution in [1.82, 2.24) is 14.7 Å². The smallest absolute Gasteiger partial charge is 0.0645 e. The van der Waals surface area contributed by atoms with Crippen molar-refractivity contribution < 1.29 is 0 Å². The van der Waals surface area contributed by atoms with Crippen molar-refractivity contribution in [2.24, 2.45) is 5.73 Å². The maximum atomic E-state index is 5.88.